The van der Waals surface area contributed by atoms with E-state index in [1.165, 1.54) is 29.5 Å². The van der Waals surface area contributed by atoms with E-state index < -0.39 is 0 Å². The van der Waals surface area contributed by atoms with E-state index in [0.717, 1.165) is 23.2 Å². The van der Waals surface area contributed by atoms with Gasteiger partial charge in [-0.3, -0.25) is 0 Å². The van der Waals surface area contributed by atoms with E-state index in [-0.39, 0.29) is 0 Å². The third-order valence-corrected chi connectivity index (χ3v) is 4.78. The number of rotatable bonds is 4. The van der Waals surface area contributed by atoms with Crippen LogP contribution in [0.2, 0.25) is 0 Å². The van der Waals surface area contributed by atoms with Crippen molar-refractivity contribution in [2.24, 2.45) is 0 Å². The minimum absolute atomic E-state index is 0.570. The lowest BCUT2D eigenvalue weighted by molar-refractivity contribution is 0.411. The van der Waals surface area contributed by atoms with Crippen molar-refractivity contribution < 1.29 is 4.74 Å². The Hall–Kier alpha value is -1.32. The summed E-state index contributed by atoms with van der Waals surface area (Å²) in [5, 5.41) is 3.68. The van der Waals surface area contributed by atoms with Gasteiger partial charge in [0.25, 0.3) is 0 Å². The molecule has 0 spiro atoms. The molecule has 0 aliphatic heterocycles. The highest BCUT2D eigenvalue weighted by molar-refractivity contribution is 9.10. The Morgan fingerprint density at radius 1 is 1.19 bits per heavy atom. The van der Waals surface area contributed by atoms with Gasteiger partial charge in [-0.2, -0.15) is 0 Å². The molecule has 2 aromatic carbocycles. The summed E-state index contributed by atoms with van der Waals surface area (Å²) in [6.45, 7) is 0.898. The minimum atomic E-state index is 0.570. The van der Waals surface area contributed by atoms with Crippen LogP contribution in [0.4, 0.5) is 0 Å². The summed E-state index contributed by atoms with van der Waals surface area (Å²) in [4.78, 5) is 0. The number of hydrogen-bond donors (Lipinski definition) is 1. The second-order valence-corrected chi connectivity index (χ2v) is 6.41. The summed E-state index contributed by atoms with van der Waals surface area (Å²) < 4.78 is 6.28. The van der Waals surface area contributed by atoms with Crippen LogP contribution in [0.3, 0.4) is 0 Å². The smallest absolute Gasteiger partial charge is 0.133 e. The van der Waals surface area contributed by atoms with E-state index >= 15 is 0 Å². The molecular formula is C18H20BrNO. The van der Waals surface area contributed by atoms with Gasteiger partial charge < -0.3 is 10.1 Å². The first-order valence-corrected chi connectivity index (χ1v) is 8.18. The molecule has 0 bridgehead atoms. The van der Waals surface area contributed by atoms with Crippen LogP contribution in [0, 0.1) is 0 Å². The quantitative estimate of drug-likeness (QED) is 0.900. The van der Waals surface area contributed by atoms with Crippen LogP contribution in [0.5, 0.6) is 5.75 Å². The van der Waals surface area contributed by atoms with Crippen molar-refractivity contribution >= 4 is 15.9 Å². The van der Waals surface area contributed by atoms with Gasteiger partial charge >= 0.3 is 0 Å². The molecule has 0 saturated heterocycles. The number of hydrogen-bond acceptors (Lipinski definition) is 2. The SMILES string of the molecule is COc1ccc(CNC2CCc3ccccc3C2)cc1Br. The topological polar surface area (TPSA) is 21.3 Å². The van der Waals surface area contributed by atoms with Gasteiger partial charge in [-0.05, 0) is 64.0 Å². The molecule has 3 rings (SSSR count). The second-order valence-electron chi connectivity index (χ2n) is 5.56. The zero-order chi connectivity index (χ0) is 14.7. The fraction of sp³-hybridized carbons (Fsp3) is 0.333. The number of ether oxygens (including phenoxy) is 1. The lowest BCUT2D eigenvalue weighted by Crippen LogP contribution is -2.34. The number of methoxy groups -OCH3 is 1. The minimum Gasteiger partial charge on any atom is -0.496 e. The van der Waals surface area contributed by atoms with Crippen LogP contribution in [0.1, 0.15) is 23.1 Å². The van der Waals surface area contributed by atoms with Crippen LogP contribution >= 0.6 is 15.9 Å². The first-order valence-electron chi connectivity index (χ1n) is 7.39. The van der Waals surface area contributed by atoms with Crippen LogP contribution in [0.15, 0.2) is 46.9 Å². The molecule has 1 aliphatic rings. The molecule has 21 heavy (non-hydrogen) atoms. The molecule has 0 heterocycles. The third-order valence-electron chi connectivity index (χ3n) is 4.16. The number of benzene rings is 2. The average Bonchev–Trinajstić information content (AvgIpc) is 2.53. The van der Waals surface area contributed by atoms with E-state index in [1.54, 1.807) is 7.11 Å². The maximum absolute atomic E-state index is 5.27. The highest BCUT2D eigenvalue weighted by atomic mass is 79.9. The van der Waals surface area contributed by atoms with Crippen LogP contribution in [0.25, 0.3) is 0 Å². The van der Waals surface area contributed by atoms with Crippen LogP contribution in [-0.2, 0) is 19.4 Å². The van der Waals surface area contributed by atoms with E-state index in [1.807, 2.05) is 6.07 Å². The fourth-order valence-electron chi connectivity index (χ4n) is 2.95. The molecule has 0 fully saturated rings. The van der Waals surface area contributed by atoms with Crippen molar-refractivity contribution in [1.82, 2.24) is 5.32 Å². The summed E-state index contributed by atoms with van der Waals surface area (Å²) in [5.41, 5.74) is 4.29. The van der Waals surface area contributed by atoms with Gasteiger partial charge in [0.05, 0.1) is 11.6 Å². The predicted octanol–water partition coefficient (Wildman–Crippen LogP) is 4.10. The summed E-state index contributed by atoms with van der Waals surface area (Å²) in [6, 6.07) is 15.6. The van der Waals surface area contributed by atoms with Gasteiger partial charge in [0.2, 0.25) is 0 Å². The number of halogens is 1. The molecule has 1 unspecified atom stereocenters. The van der Waals surface area contributed by atoms with E-state index in [9.17, 15) is 0 Å². The predicted molar refractivity (Wildman–Crippen MR) is 89.8 cm³/mol. The average molecular weight is 346 g/mol. The van der Waals surface area contributed by atoms with Crippen molar-refractivity contribution in [3.8, 4) is 5.75 Å². The van der Waals surface area contributed by atoms with Crippen molar-refractivity contribution in [2.45, 2.75) is 31.8 Å². The molecule has 2 nitrogen and oxygen atoms in total. The van der Waals surface area contributed by atoms with Crippen LogP contribution < -0.4 is 10.1 Å². The molecule has 0 radical (unpaired) electrons. The molecule has 0 amide bonds. The van der Waals surface area contributed by atoms with Crippen molar-refractivity contribution in [3.05, 3.63) is 63.6 Å². The van der Waals surface area contributed by atoms with Crippen molar-refractivity contribution in [2.75, 3.05) is 7.11 Å². The molecule has 3 heteroatoms. The Morgan fingerprint density at radius 2 is 2.00 bits per heavy atom. The monoisotopic (exact) mass is 345 g/mol. The molecule has 2 aromatic rings. The molecule has 0 aromatic heterocycles. The highest BCUT2D eigenvalue weighted by Crippen LogP contribution is 2.26. The standard InChI is InChI=1S/C18H20BrNO/c1-21-18-9-6-13(10-17(18)19)12-20-16-8-7-14-4-2-3-5-15(14)11-16/h2-6,9-10,16,20H,7-8,11-12H2,1H3. The summed E-state index contributed by atoms with van der Waals surface area (Å²) in [5.74, 6) is 0.880. The van der Waals surface area contributed by atoms with Gasteiger partial charge in [0, 0.05) is 12.6 Å². The zero-order valence-corrected chi connectivity index (χ0v) is 13.8. The van der Waals surface area contributed by atoms with Gasteiger partial charge in [-0.25, -0.2) is 0 Å². The molecule has 1 atom stereocenters. The van der Waals surface area contributed by atoms with Gasteiger partial charge in [-0.1, -0.05) is 30.3 Å². The Labute approximate surface area is 134 Å². The molecule has 110 valence electrons. The van der Waals surface area contributed by atoms with Gasteiger partial charge in [0.1, 0.15) is 5.75 Å². The number of nitrogens with one attached hydrogen (secondary N) is 1. The Morgan fingerprint density at radius 3 is 2.76 bits per heavy atom. The lowest BCUT2D eigenvalue weighted by Gasteiger charge is -2.25. The van der Waals surface area contributed by atoms with Crippen molar-refractivity contribution in [1.29, 1.82) is 0 Å². The molecular weight excluding hydrogens is 326 g/mol. The largest absolute Gasteiger partial charge is 0.496 e. The van der Waals surface area contributed by atoms with Crippen molar-refractivity contribution in [3.63, 3.8) is 0 Å². The Balaban J connectivity index is 1.60. The van der Waals surface area contributed by atoms with Crippen LogP contribution in [-0.4, -0.2) is 13.2 Å². The normalized spacial score (nSPS) is 17.3. The van der Waals surface area contributed by atoms with Gasteiger partial charge in [-0.15, -0.1) is 0 Å². The summed E-state index contributed by atoms with van der Waals surface area (Å²) in [6.07, 6.45) is 3.53. The maximum Gasteiger partial charge on any atom is 0.133 e. The Kier molecular flexibility index (Phi) is 4.61. The third kappa shape index (κ3) is 3.47. The Bertz CT molecular complexity index is 626. The molecule has 1 aliphatic carbocycles. The molecule has 0 saturated carbocycles. The van der Waals surface area contributed by atoms with E-state index in [2.05, 4.69) is 57.6 Å². The lowest BCUT2D eigenvalue weighted by atomic mass is 9.88. The maximum atomic E-state index is 5.27. The second kappa shape index (κ2) is 6.63. The summed E-state index contributed by atoms with van der Waals surface area (Å²) >= 11 is 3.54. The highest BCUT2D eigenvalue weighted by Gasteiger charge is 2.17. The van der Waals surface area contributed by atoms with E-state index in [0.29, 0.717) is 6.04 Å². The first-order chi connectivity index (χ1) is 10.3. The summed E-state index contributed by atoms with van der Waals surface area (Å²) in [7, 11) is 1.69. The zero-order valence-electron chi connectivity index (χ0n) is 12.2. The van der Waals surface area contributed by atoms with E-state index in [4.69, 9.17) is 4.74 Å². The number of fused-ring (bicyclic) bond motifs is 1. The number of aryl methyl sites for hydroxylation is 1. The fourth-order valence-corrected chi connectivity index (χ4v) is 3.54. The van der Waals surface area contributed by atoms with Gasteiger partial charge in [0.15, 0.2) is 0 Å². The molecule has 1 N–H and O–H groups in total. The first kappa shape index (κ1) is 14.6.